The fourth-order valence-corrected chi connectivity index (χ4v) is 3.73. The van der Waals surface area contributed by atoms with Crippen molar-refractivity contribution in [2.45, 2.75) is 38.5 Å². The largest absolute Gasteiger partial charge is 0.387 e. The van der Waals surface area contributed by atoms with Gasteiger partial charge in [0.25, 0.3) is 0 Å². The standard InChI is InChI=1S/C19H25FN4O2/c1-11-18(12(2)24(4)22-11)19-15(9-17(26)23(19)3)21-10-16(25)13-5-7-14(20)8-6-13/h5-8,15-16,19,21,25H,9-10H2,1-4H3/t15-,16?,19-/m1/s1. The number of aliphatic hydroxyl groups is 1. The number of likely N-dealkylation sites (N-methyl/N-ethyl adjacent to an activating group) is 1. The molecule has 0 spiro atoms. The first-order valence-electron chi connectivity index (χ1n) is 8.72. The van der Waals surface area contributed by atoms with E-state index in [1.54, 1.807) is 24.1 Å². The fourth-order valence-electron chi connectivity index (χ4n) is 3.73. The Kier molecular flexibility index (Phi) is 5.11. The van der Waals surface area contributed by atoms with E-state index >= 15 is 0 Å². The highest BCUT2D eigenvalue weighted by Crippen LogP contribution is 2.35. The van der Waals surface area contributed by atoms with E-state index in [2.05, 4.69) is 10.4 Å². The number of aromatic nitrogens is 2. The first-order chi connectivity index (χ1) is 12.3. The maximum Gasteiger partial charge on any atom is 0.224 e. The summed E-state index contributed by atoms with van der Waals surface area (Å²) in [7, 11) is 3.69. The second-order valence-corrected chi connectivity index (χ2v) is 6.94. The number of nitrogens with zero attached hydrogens (tertiary/aromatic N) is 3. The molecule has 2 N–H and O–H groups in total. The quantitative estimate of drug-likeness (QED) is 0.853. The summed E-state index contributed by atoms with van der Waals surface area (Å²) in [4.78, 5) is 14.1. The number of hydrogen-bond donors (Lipinski definition) is 2. The zero-order chi connectivity index (χ0) is 19.0. The number of likely N-dealkylation sites (tertiary alicyclic amines) is 1. The van der Waals surface area contributed by atoms with Gasteiger partial charge in [-0.1, -0.05) is 12.1 Å². The van der Waals surface area contributed by atoms with Crippen LogP contribution in [0, 0.1) is 19.7 Å². The summed E-state index contributed by atoms with van der Waals surface area (Å²) in [5, 5.41) is 18.2. The van der Waals surface area contributed by atoms with E-state index in [0.717, 1.165) is 17.0 Å². The molecule has 1 aromatic carbocycles. The molecule has 7 heteroatoms. The number of benzene rings is 1. The summed E-state index contributed by atoms with van der Waals surface area (Å²) < 4.78 is 14.9. The number of aliphatic hydroxyl groups excluding tert-OH is 1. The normalized spacial score (nSPS) is 21.5. The Balaban J connectivity index is 1.77. The lowest BCUT2D eigenvalue weighted by molar-refractivity contribution is -0.127. The van der Waals surface area contributed by atoms with Gasteiger partial charge in [-0.15, -0.1) is 0 Å². The lowest BCUT2D eigenvalue weighted by atomic mass is 9.98. The molecule has 0 saturated carbocycles. The van der Waals surface area contributed by atoms with Crippen molar-refractivity contribution in [1.29, 1.82) is 0 Å². The van der Waals surface area contributed by atoms with Crippen LogP contribution in [0.3, 0.4) is 0 Å². The molecular formula is C19H25FN4O2. The molecule has 140 valence electrons. The van der Waals surface area contributed by atoms with Crippen molar-refractivity contribution in [2.24, 2.45) is 7.05 Å². The number of nitrogens with one attached hydrogen (secondary N) is 1. The average molecular weight is 360 g/mol. The molecule has 1 aliphatic rings. The van der Waals surface area contributed by atoms with E-state index in [1.165, 1.54) is 12.1 Å². The average Bonchev–Trinajstić information content (AvgIpc) is 3.01. The Bertz CT molecular complexity index is 803. The molecule has 0 aliphatic carbocycles. The zero-order valence-corrected chi connectivity index (χ0v) is 15.5. The Morgan fingerprint density at radius 3 is 2.54 bits per heavy atom. The lowest BCUT2D eigenvalue weighted by Crippen LogP contribution is -2.37. The summed E-state index contributed by atoms with van der Waals surface area (Å²) >= 11 is 0. The molecular weight excluding hydrogens is 335 g/mol. The van der Waals surface area contributed by atoms with Crippen molar-refractivity contribution < 1.29 is 14.3 Å². The van der Waals surface area contributed by atoms with Crippen LogP contribution in [0.4, 0.5) is 4.39 Å². The predicted molar refractivity (Wildman–Crippen MR) is 96.0 cm³/mol. The van der Waals surface area contributed by atoms with Crippen molar-refractivity contribution in [1.82, 2.24) is 20.0 Å². The summed E-state index contributed by atoms with van der Waals surface area (Å²) in [5.74, 6) is -0.272. The van der Waals surface area contributed by atoms with Gasteiger partial charge < -0.3 is 15.3 Å². The molecule has 1 unspecified atom stereocenters. The minimum absolute atomic E-state index is 0.0615. The molecule has 1 aromatic heterocycles. The highest BCUT2D eigenvalue weighted by Gasteiger charge is 2.41. The van der Waals surface area contributed by atoms with E-state index in [0.29, 0.717) is 12.0 Å². The van der Waals surface area contributed by atoms with Gasteiger partial charge in [0.2, 0.25) is 5.91 Å². The number of carbonyl (C=O) groups is 1. The zero-order valence-electron chi connectivity index (χ0n) is 15.5. The van der Waals surface area contributed by atoms with Crippen LogP contribution in [0.5, 0.6) is 0 Å². The van der Waals surface area contributed by atoms with E-state index in [4.69, 9.17) is 0 Å². The smallest absolute Gasteiger partial charge is 0.224 e. The second kappa shape index (κ2) is 7.17. The van der Waals surface area contributed by atoms with Crippen LogP contribution in [-0.2, 0) is 11.8 Å². The number of amides is 1. The minimum Gasteiger partial charge on any atom is -0.387 e. The van der Waals surface area contributed by atoms with Crippen molar-refractivity contribution in [3.05, 3.63) is 52.6 Å². The van der Waals surface area contributed by atoms with Crippen LogP contribution >= 0.6 is 0 Å². The monoisotopic (exact) mass is 360 g/mol. The number of halogens is 1. The van der Waals surface area contributed by atoms with Crippen molar-refractivity contribution in [2.75, 3.05) is 13.6 Å². The molecule has 26 heavy (non-hydrogen) atoms. The SMILES string of the molecule is Cc1nn(C)c(C)c1[C@H]1[C@H](NCC(O)c2ccc(F)cc2)CC(=O)N1C. The Morgan fingerprint density at radius 1 is 1.31 bits per heavy atom. The van der Waals surface area contributed by atoms with Gasteiger partial charge in [0.15, 0.2) is 0 Å². The van der Waals surface area contributed by atoms with Gasteiger partial charge in [0, 0.05) is 44.4 Å². The molecule has 3 atom stereocenters. The molecule has 2 aromatic rings. The molecule has 1 saturated heterocycles. The Hall–Kier alpha value is -2.25. The van der Waals surface area contributed by atoms with Gasteiger partial charge in [-0.05, 0) is 31.5 Å². The molecule has 1 aliphatic heterocycles. The second-order valence-electron chi connectivity index (χ2n) is 6.94. The van der Waals surface area contributed by atoms with Crippen LogP contribution in [-0.4, -0.2) is 45.3 Å². The van der Waals surface area contributed by atoms with E-state index in [-0.39, 0.29) is 30.4 Å². The van der Waals surface area contributed by atoms with Gasteiger partial charge in [-0.2, -0.15) is 5.10 Å². The van der Waals surface area contributed by atoms with E-state index < -0.39 is 6.10 Å². The van der Waals surface area contributed by atoms with Crippen LogP contribution in [0.1, 0.15) is 41.1 Å². The first-order valence-corrected chi connectivity index (χ1v) is 8.72. The number of hydrogen-bond acceptors (Lipinski definition) is 4. The fraction of sp³-hybridized carbons (Fsp3) is 0.474. The number of carbonyl (C=O) groups excluding carboxylic acids is 1. The number of rotatable bonds is 5. The van der Waals surface area contributed by atoms with Crippen LogP contribution in [0.2, 0.25) is 0 Å². The third kappa shape index (κ3) is 3.37. The van der Waals surface area contributed by atoms with Crippen molar-refractivity contribution in [3.8, 4) is 0 Å². The van der Waals surface area contributed by atoms with Gasteiger partial charge in [0.05, 0.1) is 17.8 Å². The topological polar surface area (TPSA) is 70.4 Å². The third-order valence-electron chi connectivity index (χ3n) is 5.28. The first kappa shape index (κ1) is 18.5. The highest BCUT2D eigenvalue weighted by molar-refractivity contribution is 5.80. The maximum atomic E-state index is 13.0. The molecule has 0 bridgehead atoms. The summed E-state index contributed by atoms with van der Waals surface area (Å²) in [6.07, 6.45) is -0.404. The van der Waals surface area contributed by atoms with Gasteiger partial charge in [0.1, 0.15) is 5.82 Å². The van der Waals surface area contributed by atoms with Crippen LogP contribution in [0.25, 0.3) is 0 Å². The highest BCUT2D eigenvalue weighted by atomic mass is 19.1. The maximum absolute atomic E-state index is 13.0. The Morgan fingerprint density at radius 2 is 1.96 bits per heavy atom. The molecule has 1 amide bonds. The molecule has 6 nitrogen and oxygen atoms in total. The number of aryl methyl sites for hydroxylation is 2. The third-order valence-corrected chi connectivity index (χ3v) is 5.28. The molecule has 1 fully saturated rings. The van der Waals surface area contributed by atoms with Crippen molar-refractivity contribution >= 4 is 5.91 Å². The molecule has 3 rings (SSSR count). The van der Waals surface area contributed by atoms with Gasteiger partial charge in [-0.3, -0.25) is 9.48 Å². The van der Waals surface area contributed by atoms with E-state index in [9.17, 15) is 14.3 Å². The Labute approximate surface area is 152 Å². The van der Waals surface area contributed by atoms with Crippen molar-refractivity contribution in [3.63, 3.8) is 0 Å². The molecule has 0 radical (unpaired) electrons. The molecule has 2 heterocycles. The van der Waals surface area contributed by atoms with Crippen LogP contribution in [0.15, 0.2) is 24.3 Å². The van der Waals surface area contributed by atoms with Gasteiger partial charge >= 0.3 is 0 Å². The van der Waals surface area contributed by atoms with Gasteiger partial charge in [-0.25, -0.2) is 4.39 Å². The van der Waals surface area contributed by atoms with E-state index in [1.807, 2.05) is 25.6 Å². The lowest BCUT2D eigenvalue weighted by Gasteiger charge is -2.27. The minimum atomic E-state index is -0.770. The predicted octanol–water partition coefficient (Wildman–Crippen LogP) is 1.77. The summed E-state index contributed by atoms with van der Waals surface area (Å²) in [5.41, 5.74) is 3.62. The summed E-state index contributed by atoms with van der Waals surface area (Å²) in [6, 6.07) is 5.55. The van der Waals surface area contributed by atoms with Crippen LogP contribution < -0.4 is 5.32 Å². The summed E-state index contributed by atoms with van der Waals surface area (Å²) in [6.45, 7) is 4.23.